The zero-order chi connectivity index (χ0) is 24.5. The first-order chi connectivity index (χ1) is 17.7. The fourth-order valence-electron chi connectivity index (χ4n) is 4.46. The monoisotopic (exact) mass is 497 g/mol. The average Bonchev–Trinajstić information content (AvgIpc) is 3.69. The third-order valence-electron chi connectivity index (χ3n) is 6.18. The maximum absolute atomic E-state index is 13.7. The Morgan fingerprint density at radius 2 is 1.61 bits per heavy atom. The fourth-order valence-corrected chi connectivity index (χ4v) is 5.56. The third kappa shape index (κ3) is 4.07. The predicted octanol–water partition coefficient (Wildman–Crippen LogP) is 5.08. The number of para-hydroxylation sites is 2. The molecule has 2 aromatic carbocycles. The van der Waals surface area contributed by atoms with Gasteiger partial charge in [-0.2, -0.15) is 5.10 Å². The molecule has 1 aliphatic rings. The number of carbonyl (C=O) groups excluding carboxylic acids is 1. The van der Waals surface area contributed by atoms with Crippen LogP contribution in [0.25, 0.3) is 21.7 Å². The van der Waals surface area contributed by atoms with Gasteiger partial charge in [0.1, 0.15) is 12.2 Å². The molecule has 180 valence electrons. The molecule has 9 heteroatoms. The lowest BCUT2D eigenvalue weighted by Gasteiger charge is -2.23. The lowest BCUT2D eigenvalue weighted by molar-refractivity contribution is -0.118. The molecule has 36 heavy (non-hydrogen) atoms. The summed E-state index contributed by atoms with van der Waals surface area (Å²) in [7, 11) is 0. The van der Waals surface area contributed by atoms with E-state index >= 15 is 0 Å². The first kappa shape index (κ1) is 22.2. The number of nitrogens with zero attached hydrogens (tertiary/aromatic N) is 5. The maximum atomic E-state index is 13.7. The summed E-state index contributed by atoms with van der Waals surface area (Å²) >= 11 is 1.44. The Balaban J connectivity index is 1.45. The Kier molecular flexibility index (Phi) is 5.82. The van der Waals surface area contributed by atoms with E-state index < -0.39 is 5.56 Å². The molecule has 0 unspecified atom stereocenters. The van der Waals surface area contributed by atoms with Crippen molar-refractivity contribution in [1.29, 1.82) is 0 Å². The molecule has 0 N–H and O–H groups in total. The van der Waals surface area contributed by atoms with Crippen molar-refractivity contribution in [3.63, 3.8) is 0 Å². The summed E-state index contributed by atoms with van der Waals surface area (Å²) in [5.74, 6) is 0.238. The molecule has 0 aliphatic carbocycles. The minimum Gasteiger partial charge on any atom is -0.463 e. The number of aromatic nitrogens is 3. The van der Waals surface area contributed by atoms with Gasteiger partial charge in [-0.15, -0.1) is 0 Å². The number of hydrogen-bond acceptors (Lipinski definition) is 7. The maximum Gasteiger partial charge on any atom is 0.294 e. The van der Waals surface area contributed by atoms with E-state index in [-0.39, 0.29) is 12.5 Å². The summed E-state index contributed by atoms with van der Waals surface area (Å²) in [6.07, 6.45) is 3.78. The third-order valence-corrected chi connectivity index (χ3v) is 7.31. The van der Waals surface area contributed by atoms with Crippen molar-refractivity contribution in [2.75, 3.05) is 22.9 Å². The van der Waals surface area contributed by atoms with E-state index in [1.165, 1.54) is 16.0 Å². The lowest BCUT2D eigenvalue weighted by atomic mass is 10.2. The standard InChI is InChI=1S/C27H23N5O3S/c33-22(32(19-10-3-1-4-11-19)20-12-5-2-6-13-20)18-31-26(34)24-25(23(29-31)21-14-9-17-35-21)36-27(28-24)30-15-7-8-16-30/h1-6,9-14,17H,7-8,15-16,18H2. The number of carbonyl (C=O) groups is 1. The second-order valence-electron chi connectivity index (χ2n) is 8.56. The van der Waals surface area contributed by atoms with E-state index in [4.69, 9.17) is 9.40 Å². The molecular weight excluding hydrogens is 474 g/mol. The van der Waals surface area contributed by atoms with Gasteiger partial charge in [-0.1, -0.05) is 47.7 Å². The van der Waals surface area contributed by atoms with Gasteiger partial charge in [0.05, 0.1) is 11.0 Å². The molecule has 1 amide bonds. The first-order valence-electron chi connectivity index (χ1n) is 11.8. The van der Waals surface area contributed by atoms with Crippen LogP contribution in [0.5, 0.6) is 0 Å². The molecule has 3 aromatic heterocycles. The highest BCUT2D eigenvalue weighted by atomic mass is 32.1. The number of hydrogen-bond donors (Lipinski definition) is 0. The van der Waals surface area contributed by atoms with Crippen molar-refractivity contribution >= 4 is 44.0 Å². The Hall–Kier alpha value is -4.24. The highest BCUT2D eigenvalue weighted by molar-refractivity contribution is 7.22. The van der Waals surface area contributed by atoms with E-state index in [1.807, 2.05) is 60.7 Å². The number of rotatable bonds is 6. The zero-order valence-electron chi connectivity index (χ0n) is 19.4. The van der Waals surface area contributed by atoms with Crippen molar-refractivity contribution in [1.82, 2.24) is 14.8 Å². The summed E-state index contributed by atoms with van der Waals surface area (Å²) in [5.41, 5.74) is 1.84. The van der Waals surface area contributed by atoms with E-state index in [0.29, 0.717) is 33.0 Å². The highest BCUT2D eigenvalue weighted by Gasteiger charge is 2.25. The van der Waals surface area contributed by atoms with Crippen molar-refractivity contribution in [2.24, 2.45) is 0 Å². The number of amides is 1. The van der Waals surface area contributed by atoms with E-state index in [0.717, 1.165) is 31.1 Å². The SMILES string of the molecule is O=C(Cn1nc(-c2ccco2)c2sc(N3CCCC3)nc2c1=O)N(c1ccccc1)c1ccccc1. The zero-order valence-corrected chi connectivity index (χ0v) is 20.2. The fraction of sp³-hybridized carbons (Fsp3) is 0.185. The number of anilines is 3. The van der Waals surface area contributed by atoms with Gasteiger partial charge < -0.3 is 9.32 Å². The number of benzene rings is 2. The van der Waals surface area contributed by atoms with Crippen molar-refractivity contribution in [3.8, 4) is 11.5 Å². The van der Waals surface area contributed by atoms with Crippen LogP contribution in [0.15, 0.2) is 88.3 Å². The Bertz CT molecular complexity index is 1520. The summed E-state index contributed by atoms with van der Waals surface area (Å²) < 4.78 is 7.51. The minimum absolute atomic E-state index is 0.247. The topological polar surface area (TPSA) is 84.5 Å². The normalized spacial score (nSPS) is 13.4. The summed E-state index contributed by atoms with van der Waals surface area (Å²) in [6, 6.07) is 22.3. The number of furan rings is 1. The quantitative estimate of drug-likeness (QED) is 0.325. The lowest BCUT2D eigenvalue weighted by Crippen LogP contribution is -2.35. The second-order valence-corrected chi connectivity index (χ2v) is 9.53. The molecule has 1 fully saturated rings. The molecule has 0 radical (unpaired) electrons. The van der Waals surface area contributed by atoms with E-state index in [2.05, 4.69) is 10.00 Å². The second kappa shape index (κ2) is 9.43. The molecule has 1 aliphatic heterocycles. The molecule has 1 saturated heterocycles. The molecule has 4 heterocycles. The molecule has 0 saturated carbocycles. The molecule has 0 bridgehead atoms. The van der Waals surface area contributed by atoms with Gasteiger partial charge in [0, 0.05) is 24.5 Å². The van der Waals surface area contributed by atoms with Gasteiger partial charge in [-0.3, -0.25) is 14.5 Å². The average molecular weight is 498 g/mol. The largest absolute Gasteiger partial charge is 0.463 e. The van der Waals surface area contributed by atoms with Crippen LogP contribution in [0.3, 0.4) is 0 Å². The molecular formula is C27H23N5O3S. The molecule has 8 nitrogen and oxygen atoms in total. The first-order valence-corrected chi connectivity index (χ1v) is 12.6. The van der Waals surface area contributed by atoms with Crippen LogP contribution in [0.1, 0.15) is 12.8 Å². The smallest absolute Gasteiger partial charge is 0.294 e. The van der Waals surface area contributed by atoms with Crippen LogP contribution in [-0.2, 0) is 11.3 Å². The molecule has 0 spiro atoms. The summed E-state index contributed by atoms with van der Waals surface area (Å²) in [5, 5.41) is 5.41. The van der Waals surface area contributed by atoms with Crippen LogP contribution < -0.4 is 15.4 Å². The van der Waals surface area contributed by atoms with Gasteiger partial charge in [0.25, 0.3) is 11.5 Å². The summed E-state index contributed by atoms with van der Waals surface area (Å²) in [4.78, 5) is 35.7. The van der Waals surface area contributed by atoms with Crippen molar-refractivity contribution in [2.45, 2.75) is 19.4 Å². The van der Waals surface area contributed by atoms with Gasteiger partial charge in [-0.05, 0) is 49.2 Å². The Morgan fingerprint density at radius 3 is 2.22 bits per heavy atom. The van der Waals surface area contributed by atoms with Gasteiger partial charge in [-0.25, -0.2) is 9.67 Å². The van der Waals surface area contributed by atoms with Crippen molar-refractivity contribution < 1.29 is 9.21 Å². The van der Waals surface area contributed by atoms with Gasteiger partial charge in [0.2, 0.25) is 0 Å². The minimum atomic E-state index is -0.392. The van der Waals surface area contributed by atoms with Crippen LogP contribution in [0.4, 0.5) is 16.5 Å². The van der Waals surface area contributed by atoms with Crippen molar-refractivity contribution in [3.05, 3.63) is 89.4 Å². The Morgan fingerprint density at radius 1 is 0.944 bits per heavy atom. The number of fused-ring (bicyclic) bond motifs is 1. The van der Waals surface area contributed by atoms with Crippen LogP contribution in [-0.4, -0.2) is 33.8 Å². The van der Waals surface area contributed by atoms with Crippen LogP contribution in [0.2, 0.25) is 0 Å². The Labute approximate surface area is 211 Å². The van der Waals surface area contributed by atoms with E-state index in [1.54, 1.807) is 23.3 Å². The van der Waals surface area contributed by atoms with Gasteiger partial charge >= 0.3 is 0 Å². The van der Waals surface area contributed by atoms with Gasteiger partial charge in [0.15, 0.2) is 16.4 Å². The molecule has 6 rings (SSSR count). The number of thiazole rings is 1. The molecule has 5 aromatic rings. The van der Waals surface area contributed by atoms with E-state index in [9.17, 15) is 9.59 Å². The predicted molar refractivity (Wildman–Crippen MR) is 141 cm³/mol. The molecule has 0 atom stereocenters. The summed E-state index contributed by atoms with van der Waals surface area (Å²) in [6.45, 7) is 1.58. The van der Waals surface area contributed by atoms with Crippen LogP contribution in [0, 0.1) is 0 Å². The highest BCUT2D eigenvalue weighted by Crippen LogP contribution is 2.35. The van der Waals surface area contributed by atoms with Crippen LogP contribution >= 0.6 is 11.3 Å².